The van der Waals surface area contributed by atoms with Crippen molar-refractivity contribution >= 4 is 11.8 Å². The van der Waals surface area contributed by atoms with Crippen LogP contribution in [0.4, 0.5) is 0 Å². The third-order valence-electron chi connectivity index (χ3n) is 3.61. The zero-order valence-corrected chi connectivity index (χ0v) is 10.1. The fourth-order valence-corrected chi connectivity index (χ4v) is 1.86. The number of ether oxygens (including phenoxy) is 1. The molecule has 0 saturated carbocycles. The molecular formula is C13H18O3. The van der Waals surface area contributed by atoms with Crippen LogP contribution in [0.5, 0.6) is 0 Å². The number of hydrogen-bond acceptors (Lipinski definition) is 3. The Hall–Kier alpha value is -1.38. The molecule has 0 heterocycles. The second kappa shape index (κ2) is 4.24. The molecule has 1 rings (SSSR count). The number of rotatable bonds is 4. The monoisotopic (exact) mass is 222 g/mol. The van der Waals surface area contributed by atoms with E-state index in [2.05, 4.69) is 6.58 Å². The average Bonchev–Trinajstić information content (AvgIpc) is 2.50. The van der Waals surface area contributed by atoms with Crippen LogP contribution in [-0.2, 0) is 14.3 Å². The van der Waals surface area contributed by atoms with Gasteiger partial charge in [0.15, 0.2) is 12.4 Å². The van der Waals surface area contributed by atoms with E-state index in [-0.39, 0.29) is 17.8 Å². The normalized spacial score (nSPS) is 26.4. The molecule has 0 N–H and O–H groups in total. The number of esters is 1. The Balaban J connectivity index is 2.68. The van der Waals surface area contributed by atoms with Gasteiger partial charge in [0, 0.05) is 11.5 Å². The minimum atomic E-state index is -0.555. The van der Waals surface area contributed by atoms with E-state index in [1.165, 1.54) is 0 Å². The van der Waals surface area contributed by atoms with Gasteiger partial charge in [0.05, 0.1) is 0 Å². The molecule has 0 aromatic carbocycles. The van der Waals surface area contributed by atoms with Gasteiger partial charge < -0.3 is 4.74 Å². The van der Waals surface area contributed by atoms with Crippen LogP contribution in [0.1, 0.15) is 27.2 Å². The maximum atomic E-state index is 12.1. The van der Waals surface area contributed by atoms with E-state index in [9.17, 15) is 9.59 Å². The molecule has 0 unspecified atom stereocenters. The molecule has 0 spiro atoms. The molecule has 88 valence electrons. The van der Waals surface area contributed by atoms with Crippen LogP contribution in [0.25, 0.3) is 0 Å². The van der Waals surface area contributed by atoms with Crippen LogP contribution in [0.15, 0.2) is 24.8 Å². The highest BCUT2D eigenvalue weighted by Gasteiger charge is 2.47. The smallest absolute Gasteiger partial charge is 0.330 e. The van der Waals surface area contributed by atoms with Crippen molar-refractivity contribution in [2.24, 2.45) is 10.8 Å². The zero-order valence-electron chi connectivity index (χ0n) is 10.1. The summed E-state index contributed by atoms with van der Waals surface area (Å²) in [7, 11) is 0. The first kappa shape index (κ1) is 12.7. The van der Waals surface area contributed by atoms with Gasteiger partial charge in [-0.1, -0.05) is 39.5 Å². The molecule has 0 aliphatic heterocycles. The molecule has 16 heavy (non-hydrogen) atoms. The number of allylic oxidation sites excluding steroid dienone is 2. The maximum Gasteiger partial charge on any atom is 0.330 e. The van der Waals surface area contributed by atoms with Gasteiger partial charge in [-0.15, -0.1) is 0 Å². The van der Waals surface area contributed by atoms with E-state index in [0.29, 0.717) is 6.42 Å². The number of carbonyl (C=O) groups is 2. The van der Waals surface area contributed by atoms with Crippen molar-refractivity contribution in [1.82, 2.24) is 0 Å². The highest BCUT2D eigenvalue weighted by Crippen LogP contribution is 2.48. The van der Waals surface area contributed by atoms with Crippen LogP contribution in [-0.4, -0.2) is 18.4 Å². The van der Waals surface area contributed by atoms with Gasteiger partial charge in [-0.3, -0.25) is 4.79 Å². The SMILES string of the molecule is C=CC(=O)OCC(=O)[C@]1(C)CC=CC1(C)C. The first-order valence-corrected chi connectivity index (χ1v) is 5.34. The summed E-state index contributed by atoms with van der Waals surface area (Å²) >= 11 is 0. The zero-order chi connectivity index (χ0) is 12.4. The Morgan fingerprint density at radius 2 is 2.06 bits per heavy atom. The van der Waals surface area contributed by atoms with Crippen LogP contribution in [0.3, 0.4) is 0 Å². The highest BCUT2D eigenvalue weighted by molar-refractivity contribution is 5.90. The summed E-state index contributed by atoms with van der Waals surface area (Å²) in [5, 5.41) is 0. The average molecular weight is 222 g/mol. The first-order chi connectivity index (χ1) is 7.33. The largest absolute Gasteiger partial charge is 0.455 e. The summed E-state index contributed by atoms with van der Waals surface area (Å²) in [6.45, 7) is 9.06. The van der Waals surface area contributed by atoms with Gasteiger partial charge in [0.1, 0.15) is 0 Å². The Kier molecular flexibility index (Phi) is 3.36. The van der Waals surface area contributed by atoms with Crippen molar-refractivity contribution in [1.29, 1.82) is 0 Å². The summed E-state index contributed by atoms with van der Waals surface area (Å²) < 4.78 is 4.79. The summed E-state index contributed by atoms with van der Waals surface area (Å²) in [5.74, 6) is -0.599. The molecule has 0 bridgehead atoms. The second-order valence-corrected chi connectivity index (χ2v) is 4.90. The van der Waals surface area contributed by atoms with Crippen LogP contribution in [0, 0.1) is 10.8 Å². The summed E-state index contributed by atoms with van der Waals surface area (Å²) in [5.41, 5.74) is -0.668. The first-order valence-electron chi connectivity index (χ1n) is 5.34. The van der Waals surface area contributed by atoms with E-state index in [4.69, 9.17) is 4.74 Å². The highest BCUT2D eigenvalue weighted by atomic mass is 16.5. The molecule has 0 aromatic heterocycles. The van der Waals surface area contributed by atoms with Crippen molar-refractivity contribution in [3.63, 3.8) is 0 Å². The molecule has 1 atom stereocenters. The van der Waals surface area contributed by atoms with E-state index in [1.54, 1.807) is 0 Å². The lowest BCUT2D eigenvalue weighted by molar-refractivity contribution is -0.148. The van der Waals surface area contributed by atoms with Crippen LogP contribution >= 0.6 is 0 Å². The Morgan fingerprint density at radius 1 is 1.44 bits per heavy atom. The van der Waals surface area contributed by atoms with Crippen molar-refractivity contribution < 1.29 is 14.3 Å². The predicted molar refractivity (Wildman–Crippen MR) is 61.8 cm³/mol. The van der Waals surface area contributed by atoms with Crippen LogP contribution in [0.2, 0.25) is 0 Å². The third kappa shape index (κ3) is 2.08. The molecule has 3 heteroatoms. The van der Waals surface area contributed by atoms with E-state index >= 15 is 0 Å². The van der Waals surface area contributed by atoms with Gasteiger partial charge >= 0.3 is 5.97 Å². The number of hydrogen-bond donors (Lipinski definition) is 0. The molecule has 0 aromatic rings. The van der Waals surface area contributed by atoms with Crippen molar-refractivity contribution in [2.45, 2.75) is 27.2 Å². The standard InChI is InChI=1S/C13H18O3/c1-5-11(15)16-9-10(14)13(4)8-6-7-12(13,2)3/h5-7H,1,8-9H2,2-4H3/t13-/m0/s1. The second-order valence-electron chi connectivity index (χ2n) is 4.90. The molecule has 1 aliphatic carbocycles. The molecule has 0 fully saturated rings. The van der Waals surface area contributed by atoms with Gasteiger partial charge in [0.2, 0.25) is 0 Å². The van der Waals surface area contributed by atoms with Crippen molar-refractivity contribution in [3.05, 3.63) is 24.8 Å². The minimum absolute atomic E-state index is 0.0438. The van der Waals surface area contributed by atoms with Gasteiger partial charge in [0.25, 0.3) is 0 Å². The quantitative estimate of drug-likeness (QED) is 0.416. The lowest BCUT2D eigenvalue weighted by atomic mass is 9.66. The molecular weight excluding hydrogens is 204 g/mol. The van der Waals surface area contributed by atoms with E-state index in [0.717, 1.165) is 6.08 Å². The molecule has 0 saturated heterocycles. The summed E-state index contributed by atoms with van der Waals surface area (Å²) in [6, 6.07) is 0. The molecule has 3 nitrogen and oxygen atoms in total. The third-order valence-corrected chi connectivity index (χ3v) is 3.61. The van der Waals surface area contributed by atoms with E-state index in [1.807, 2.05) is 32.9 Å². The topological polar surface area (TPSA) is 43.4 Å². The summed E-state index contributed by atoms with van der Waals surface area (Å²) in [4.78, 5) is 22.9. The van der Waals surface area contributed by atoms with Crippen molar-refractivity contribution in [3.8, 4) is 0 Å². The fraction of sp³-hybridized carbons (Fsp3) is 0.538. The Bertz CT molecular complexity index is 352. The Labute approximate surface area is 96.2 Å². The molecule has 0 amide bonds. The lowest BCUT2D eigenvalue weighted by Crippen LogP contribution is -2.40. The van der Waals surface area contributed by atoms with Gasteiger partial charge in [-0.05, 0) is 11.8 Å². The predicted octanol–water partition coefficient (Wildman–Crippen LogP) is 2.28. The fourth-order valence-electron chi connectivity index (χ4n) is 1.86. The molecule has 0 radical (unpaired) electrons. The molecule has 1 aliphatic rings. The van der Waals surface area contributed by atoms with E-state index < -0.39 is 11.4 Å². The lowest BCUT2D eigenvalue weighted by Gasteiger charge is -2.36. The Morgan fingerprint density at radius 3 is 2.50 bits per heavy atom. The number of ketones is 1. The van der Waals surface area contributed by atoms with Gasteiger partial charge in [-0.25, -0.2) is 4.79 Å². The van der Waals surface area contributed by atoms with Crippen molar-refractivity contribution in [2.75, 3.05) is 6.61 Å². The summed E-state index contributed by atoms with van der Waals surface area (Å²) in [6.07, 6.45) is 5.81. The number of carbonyl (C=O) groups excluding carboxylic acids is 2. The van der Waals surface area contributed by atoms with Gasteiger partial charge in [-0.2, -0.15) is 0 Å². The van der Waals surface area contributed by atoms with Crippen LogP contribution < -0.4 is 0 Å². The maximum absolute atomic E-state index is 12.1. The number of Topliss-reactive ketones (excluding diaryl/α,β-unsaturated/α-hetero) is 1. The minimum Gasteiger partial charge on any atom is -0.455 e.